The average molecular weight is 383 g/mol. The molecule has 8 nitrogen and oxygen atoms in total. The number of aliphatic hydroxyl groups excluding tert-OH is 1. The Balaban J connectivity index is 1.88. The number of hydrogen-bond donors (Lipinski definition) is 1. The Labute approximate surface area is 153 Å². The van der Waals surface area contributed by atoms with Crippen LogP contribution in [0.3, 0.4) is 0 Å². The molecule has 1 aliphatic heterocycles. The van der Waals surface area contributed by atoms with Crippen molar-refractivity contribution >= 4 is 10.0 Å². The molecule has 0 saturated carbocycles. The summed E-state index contributed by atoms with van der Waals surface area (Å²) in [5.74, 6) is 1.21. The molecule has 0 unspecified atom stereocenters. The highest BCUT2D eigenvalue weighted by atomic mass is 32.2. The van der Waals surface area contributed by atoms with Gasteiger partial charge in [0.25, 0.3) is 5.89 Å². The second-order valence-electron chi connectivity index (χ2n) is 7.28. The molecule has 1 aliphatic rings. The van der Waals surface area contributed by atoms with Crippen LogP contribution < -0.4 is 0 Å². The molecule has 1 N–H and O–H groups in total. The SMILES string of the molecule is Cc1oc(-c2nc(C(C)(C)CCCO)no2)cc1S(=O)(=O)N1CCCC1. The molecule has 2 aromatic heterocycles. The molecule has 0 amide bonds. The van der Waals surface area contributed by atoms with Crippen molar-refractivity contribution in [2.45, 2.75) is 56.8 Å². The largest absolute Gasteiger partial charge is 0.455 e. The summed E-state index contributed by atoms with van der Waals surface area (Å²) in [7, 11) is -3.57. The molecule has 0 radical (unpaired) electrons. The van der Waals surface area contributed by atoms with Crippen LogP contribution in [0.25, 0.3) is 11.7 Å². The van der Waals surface area contributed by atoms with Crippen LogP contribution in [-0.2, 0) is 15.4 Å². The second kappa shape index (κ2) is 7.13. The summed E-state index contributed by atoms with van der Waals surface area (Å²) in [4.78, 5) is 4.52. The average Bonchev–Trinajstić information content (AvgIpc) is 3.32. The van der Waals surface area contributed by atoms with Crippen molar-refractivity contribution in [2.75, 3.05) is 19.7 Å². The van der Waals surface area contributed by atoms with Gasteiger partial charge in [-0.15, -0.1) is 0 Å². The first-order valence-corrected chi connectivity index (χ1v) is 10.3. The Bertz CT molecular complexity index is 863. The Hall–Kier alpha value is -1.71. The van der Waals surface area contributed by atoms with E-state index in [2.05, 4.69) is 10.1 Å². The number of hydrogen-bond acceptors (Lipinski definition) is 7. The number of sulfonamides is 1. The molecule has 2 aromatic rings. The van der Waals surface area contributed by atoms with Crippen molar-refractivity contribution in [3.8, 4) is 11.7 Å². The minimum absolute atomic E-state index is 0.100. The quantitative estimate of drug-likeness (QED) is 0.782. The monoisotopic (exact) mass is 383 g/mol. The molecule has 1 fully saturated rings. The van der Waals surface area contributed by atoms with Crippen molar-refractivity contribution < 1.29 is 22.5 Å². The van der Waals surface area contributed by atoms with Crippen LogP contribution >= 0.6 is 0 Å². The molecular weight excluding hydrogens is 358 g/mol. The zero-order valence-corrected chi connectivity index (χ0v) is 16.2. The third-order valence-corrected chi connectivity index (χ3v) is 6.76. The summed E-state index contributed by atoms with van der Waals surface area (Å²) in [6.07, 6.45) is 3.08. The molecule has 3 heterocycles. The zero-order valence-electron chi connectivity index (χ0n) is 15.4. The van der Waals surface area contributed by atoms with Gasteiger partial charge in [-0.1, -0.05) is 19.0 Å². The Morgan fingerprint density at radius 1 is 1.31 bits per heavy atom. The normalized spacial score (nSPS) is 16.5. The summed E-state index contributed by atoms with van der Waals surface area (Å²) in [6.45, 7) is 6.72. The van der Waals surface area contributed by atoms with Gasteiger partial charge in [-0.25, -0.2) is 8.42 Å². The van der Waals surface area contributed by atoms with E-state index in [1.807, 2.05) is 13.8 Å². The van der Waals surface area contributed by atoms with Gasteiger partial charge in [-0.2, -0.15) is 9.29 Å². The topological polar surface area (TPSA) is 110 Å². The molecular formula is C17H25N3O5S. The number of aryl methyl sites for hydroxylation is 1. The predicted octanol–water partition coefficient (Wildman–Crippen LogP) is 2.47. The fourth-order valence-electron chi connectivity index (χ4n) is 3.13. The number of aliphatic hydroxyl groups is 1. The maximum atomic E-state index is 12.8. The molecule has 9 heteroatoms. The minimum Gasteiger partial charge on any atom is -0.455 e. The number of furan rings is 1. The molecule has 26 heavy (non-hydrogen) atoms. The van der Waals surface area contributed by atoms with E-state index in [0.29, 0.717) is 37.5 Å². The summed E-state index contributed by atoms with van der Waals surface area (Å²) in [5.41, 5.74) is -0.365. The number of rotatable bonds is 7. The highest BCUT2D eigenvalue weighted by molar-refractivity contribution is 7.89. The Morgan fingerprint density at radius 3 is 2.65 bits per heavy atom. The van der Waals surface area contributed by atoms with E-state index in [-0.39, 0.29) is 28.6 Å². The molecule has 3 rings (SSSR count). The van der Waals surface area contributed by atoms with Gasteiger partial charge in [0.05, 0.1) is 0 Å². The van der Waals surface area contributed by atoms with Gasteiger partial charge in [-0.3, -0.25) is 0 Å². The third kappa shape index (κ3) is 3.56. The van der Waals surface area contributed by atoms with Gasteiger partial charge in [0.15, 0.2) is 11.6 Å². The van der Waals surface area contributed by atoms with E-state index < -0.39 is 10.0 Å². The van der Waals surface area contributed by atoms with Crippen molar-refractivity contribution in [2.24, 2.45) is 0 Å². The van der Waals surface area contributed by atoms with Crippen LogP contribution in [0.5, 0.6) is 0 Å². The van der Waals surface area contributed by atoms with Crippen LogP contribution in [0.1, 0.15) is 51.1 Å². The van der Waals surface area contributed by atoms with Crippen molar-refractivity contribution in [1.82, 2.24) is 14.4 Å². The molecule has 1 saturated heterocycles. The molecule has 0 bridgehead atoms. The number of nitrogens with zero attached hydrogens (tertiary/aromatic N) is 3. The molecule has 0 aromatic carbocycles. The minimum atomic E-state index is -3.57. The van der Waals surface area contributed by atoms with E-state index in [0.717, 1.165) is 12.8 Å². The van der Waals surface area contributed by atoms with Gasteiger partial charge < -0.3 is 14.0 Å². The van der Waals surface area contributed by atoms with Crippen LogP contribution in [0.2, 0.25) is 0 Å². The van der Waals surface area contributed by atoms with E-state index in [4.69, 9.17) is 14.0 Å². The van der Waals surface area contributed by atoms with Gasteiger partial charge in [0.2, 0.25) is 10.0 Å². The fraction of sp³-hybridized carbons (Fsp3) is 0.647. The van der Waals surface area contributed by atoms with Gasteiger partial charge in [-0.05, 0) is 32.6 Å². The maximum absolute atomic E-state index is 12.8. The fourth-order valence-corrected chi connectivity index (χ4v) is 4.80. The van der Waals surface area contributed by atoms with E-state index in [1.165, 1.54) is 10.4 Å². The highest BCUT2D eigenvalue weighted by Crippen LogP contribution is 2.32. The van der Waals surface area contributed by atoms with Crippen LogP contribution in [0.15, 0.2) is 19.9 Å². The summed E-state index contributed by atoms with van der Waals surface area (Å²) in [5, 5.41) is 13.0. The highest BCUT2D eigenvalue weighted by Gasteiger charge is 2.32. The van der Waals surface area contributed by atoms with Gasteiger partial charge in [0.1, 0.15) is 10.7 Å². The van der Waals surface area contributed by atoms with Crippen molar-refractivity contribution in [3.63, 3.8) is 0 Å². The third-order valence-electron chi connectivity index (χ3n) is 4.76. The molecule has 0 spiro atoms. The lowest BCUT2D eigenvalue weighted by molar-refractivity contribution is 0.264. The lowest BCUT2D eigenvalue weighted by Crippen LogP contribution is -2.27. The van der Waals surface area contributed by atoms with Crippen LogP contribution in [-0.4, -0.2) is 47.7 Å². The van der Waals surface area contributed by atoms with E-state index in [9.17, 15) is 8.42 Å². The van der Waals surface area contributed by atoms with E-state index >= 15 is 0 Å². The lowest BCUT2D eigenvalue weighted by Gasteiger charge is -2.19. The van der Waals surface area contributed by atoms with E-state index in [1.54, 1.807) is 6.92 Å². The first-order valence-electron chi connectivity index (χ1n) is 8.82. The summed E-state index contributed by atoms with van der Waals surface area (Å²) in [6, 6.07) is 1.46. The van der Waals surface area contributed by atoms with Crippen LogP contribution in [0, 0.1) is 6.92 Å². The molecule has 0 atom stereocenters. The second-order valence-corrected chi connectivity index (χ2v) is 9.18. The Kier molecular flexibility index (Phi) is 5.23. The first-order chi connectivity index (χ1) is 12.3. The summed E-state index contributed by atoms with van der Waals surface area (Å²) >= 11 is 0. The molecule has 0 aliphatic carbocycles. The first kappa shape index (κ1) is 19.1. The standard InChI is InChI=1S/C17H25N3O5S/c1-12-14(26(22,23)20-8-4-5-9-20)11-13(24-12)15-18-16(19-25-15)17(2,3)7-6-10-21/h11,21H,4-10H2,1-3H3. The van der Waals surface area contributed by atoms with Crippen LogP contribution in [0.4, 0.5) is 0 Å². The van der Waals surface area contributed by atoms with Crippen molar-refractivity contribution in [3.05, 3.63) is 17.7 Å². The Morgan fingerprint density at radius 2 is 2.00 bits per heavy atom. The lowest BCUT2D eigenvalue weighted by atomic mass is 9.87. The molecule has 144 valence electrons. The smallest absolute Gasteiger partial charge is 0.293 e. The van der Waals surface area contributed by atoms with Gasteiger partial charge in [0, 0.05) is 31.2 Å². The maximum Gasteiger partial charge on any atom is 0.293 e. The predicted molar refractivity (Wildman–Crippen MR) is 94.1 cm³/mol. The zero-order chi connectivity index (χ0) is 18.9. The van der Waals surface area contributed by atoms with Crippen molar-refractivity contribution in [1.29, 1.82) is 0 Å². The van der Waals surface area contributed by atoms with Gasteiger partial charge >= 0.3 is 0 Å². The number of aromatic nitrogens is 2. The summed E-state index contributed by atoms with van der Waals surface area (Å²) < 4.78 is 37.9.